The number of thioether (sulfide) groups is 1. The fourth-order valence-electron chi connectivity index (χ4n) is 2.43. The van der Waals surface area contributed by atoms with Gasteiger partial charge in [-0.25, -0.2) is 4.39 Å². The van der Waals surface area contributed by atoms with Crippen LogP contribution in [0.1, 0.15) is 23.9 Å². The minimum absolute atomic E-state index is 0.238. The summed E-state index contributed by atoms with van der Waals surface area (Å²) in [5, 5.41) is 9.57. The maximum Gasteiger partial charge on any atom is 0.191 e. The average molecular weight is 406 g/mol. The third kappa shape index (κ3) is 4.05. The van der Waals surface area contributed by atoms with Crippen LogP contribution in [-0.2, 0) is 18.7 Å². The molecule has 0 radical (unpaired) electrons. The van der Waals surface area contributed by atoms with Gasteiger partial charge in [-0.3, -0.25) is 0 Å². The molecule has 1 aromatic heterocycles. The van der Waals surface area contributed by atoms with E-state index in [1.165, 1.54) is 17.7 Å². The average Bonchev–Trinajstić information content (AvgIpc) is 2.96. The maximum atomic E-state index is 13.2. The molecule has 0 spiro atoms. The van der Waals surface area contributed by atoms with Crippen LogP contribution >= 0.6 is 27.7 Å². The molecule has 0 saturated heterocycles. The third-order valence-electron chi connectivity index (χ3n) is 3.69. The van der Waals surface area contributed by atoms with E-state index in [9.17, 15) is 4.39 Å². The van der Waals surface area contributed by atoms with Gasteiger partial charge in [0.25, 0.3) is 0 Å². The van der Waals surface area contributed by atoms with Crippen molar-refractivity contribution in [3.63, 3.8) is 0 Å². The standard InChI is InChI=1S/C18H17BrFN3S/c1-2-23-17(10-13-6-4-3-5-7-13)21-22-18(23)24-12-14-8-9-15(20)11-16(14)19/h3-9,11H,2,10,12H2,1H3. The zero-order valence-corrected chi connectivity index (χ0v) is 15.6. The Kier molecular flexibility index (Phi) is 5.68. The van der Waals surface area contributed by atoms with Gasteiger partial charge in [-0.1, -0.05) is 64.1 Å². The summed E-state index contributed by atoms with van der Waals surface area (Å²) in [5.74, 6) is 1.44. The second-order valence-electron chi connectivity index (χ2n) is 5.33. The number of hydrogen-bond donors (Lipinski definition) is 0. The second-order valence-corrected chi connectivity index (χ2v) is 7.13. The lowest BCUT2D eigenvalue weighted by atomic mass is 10.1. The lowest BCUT2D eigenvalue weighted by Crippen LogP contribution is -2.04. The molecule has 0 N–H and O–H groups in total. The van der Waals surface area contributed by atoms with Gasteiger partial charge in [0.1, 0.15) is 11.6 Å². The van der Waals surface area contributed by atoms with E-state index < -0.39 is 0 Å². The van der Waals surface area contributed by atoms with Crippen LogP contribution in [0.3, 0.4) is 0 Å². The Bertz CT molecular complexity index is 820. The minimum Gasteiger partial charge on any atom is -0.306 e. The quantitative estimate of drug-likeness (QED) is 0.535. The summed E-state index contributed by atoms with van der Waals surface area (Å²) in [6.07, 6.45) is 0.766. The van der Waals surface area contributed by atoms with Crippen LogP contribution in [0.4, 0.5) is 4.39 Å². The summed E-state index contributed by atoms with van der Waals surface area (Å²) in [7, 11) is 0. The molecule has 0 aliphatic heterocycles. The first kappa shape index (κ1) is 17.2. The molecule has 0 saturated carbocycles. The predicted molar refractivity (Wildman–Crippen MR) is 98.6 cm³/mol. The first-order valence-corrected chi connectivity index (χ1v) is 9.48. The Morgan fingerprint density at radius 2 is 1.92 bits per heavy atom. The molecular formula is C18H17BrFN3S. The van der Waals surface area contributed by atoms with Gasteiger partial charge < -0.3 is 4.57 Å². The second kappa shape index (κ2) is 7.94. The van der Waals surface area contributed by atoms with Crippen molar-refractivity contribution >= 4 is 27.7 Å². The molecule has 124 valence electrons. The van der Waals surface area contributed by atoms with Crippen LogP contribution in [0.15, 0.2) is 58.2 Å². The lowest BCUT2D eigenvalue weighted by Gasteiger charge is -2.08. The van der Waals surface area contributed by atoms with Crippen LogP contribution in [-0.4, -0.2) is 14.8 Å². The molecular weight excluding hydrogens is 389 g/mol. The highest BCUT2D eigenvalue weighted by Crippen LogP contribution is 2.27. The molecule has 0 unspecified atom stereocenters. The highest BCUT2D eigenvalue weighted by atomic mass is 79.9. The number of rotatable bonds is 6. The monoisotopic (exact) mass is 405 g/mol. The van der Waals surface area contributed by atoms with Crippen molar-refractivity contribution in [2.45, 2.75) is 30.8 Å². The molecule has 0 bridgehead atoms. The largest absolute Gasteiger partial charge is 0.306 e. The minimum atomic E-state index is -0.238. The number of benzene rings is 2. The van der Waals surface area contributed by atoms with Gasteiger partial charge in [-0.05, 0) is 30.2 Å². The first-order chi connectivity index (χ1) is 11.7. The molecule has 0 aliphatic rings. The summed E-state index contributed by atoms with van der Waals surface area (Å²) in [5.41, 5.74) is 2.26. The molecule has 0 aliphatic carbocycles. The van der Waals surface area contributed by atoms with E-state index in [2.05, 4.69) is 49.8 Å². The topological polar surface area (TPSA) is 30.7 Å². The molecule has 0 fully saturated rings. The molecule has 3 nitrogen and oxygen atoms in total. The van der Waals surface area contributed by atoms with E-state index in [4.69, 9.17) is 0 Å². The molecule has 3 aromatic rings. The van der Waals surface area contributed by atoms with Gasteiger partial charge >= 0.3 is 0 Å². The van der Waals surface area contributed by atoms with Crippen molar-refractivity contribution in [3.8, 4) is 0 Å². The van der Waals surface area contributed by atoms with Crippen LogP contribution in [0.2, 0.25) is 0 Å². The van der Waals surface area contributed by atoms with E-state index >= 15 is 0 Å². The Morgan fingerprint density at radius 1 is 1.12 bits per heavy atom. The predicted octanol–water partition coefficient (Wildman–Crippen LogP) is 5.08. The van der Waals surface area contributed by atoms with E-state index in [0.717, 1.165) is 34.0 Å². The molecule has 6 heteroatoms. The summed E-state index contributed by atoms with van der Waals surface area (Å²) >= 11 is 5.02. The number of halogens is 2. The van der Waals surface area contributed by atoms with E-state index in [0.29, 0.717) is 5.75 Å². The Balaban J connectivity index is 1.74. The SMILES string of the molecule is CCn1c(Cc2ccccc2)nnc1SCc1ccc(F)cc1Br. The van der Waals surface area contributed by atoms with Gasteiger partial charge in [-0.2, -0.15) is 0 Å². The fraction of sp³-hybridized carbons (Fsp3) is 0.222. The molecule has 1 heterocycles. The molecule has 3 rings (SSSR count). The molecule has 0 atom stereocenters. The van der Waals surface area contributed by atoms with Crippen LogP contribution < -0.4 is 0 Å². The highest BCUT2D eigenvalue weighted by Gasteiger charge is 2.12. The van der Waals surface area contributed by atoms with Crippen LogP contribution in [0, 0.1) is 5.82 Å². The number of hydrogen-bond acceptors (Lipinski definition) is 3. The third-order valence-corrected chi connectivity index (χ3v) is 5.44. The van der Waals surface area contributed by atoms with E-state index in [1.54, 1.807) is 17.8 Å². The molecule has 0 amide bonds. The molecule has 24 heavy (non-hydrogen) atoms. The summed E-state index contributed by atoms with van der Waals surface area (Å²) < 4.78 is 16.1. The Hall–Kier alpha value is -1.66. The normalized spacial score (nSPS) is 11.0. The lowest BCUT2D eigenvalue weighted by molar-refractivity contribution is 0.626. The number of aromatic nitrogens is 3. The van der Waals surface area contributed by atoms with Gasteiger partial charge in [0.05, 0.1) is 0 Å². The van der Waals surface area contributed by atoms with Crippen molar-refractivity contribution in [2.24, 2.45) is 0 Å². The molecule has 2 aromatic carbocycles. The summed E-state index contributed by atoms with van der Waals surface area (Å²) in [4.78, 5) is 0. The Labute approximate surface area is 153 Å². The van der Waals surface area contributed by atoms with Crippen molar-refractivity contribution in [1.29, 1.82) is 0 Å². The summed E-state index contributed by atoms with van der Waals surface area (Å²) in [6.45, 7) is 2.91. The van der Waals surface area contributed by atoms with Gasteiger partial charge in [0.2, 0.25) is 0 Å². The van der Waals surface area contributed by atoms with Crippen molar-refractivity contribution < 1.29 is 4.39 Å². The zero-order valence-electron chi connectivity index (χ0n) is 13.2. The van der Waals surface area contributed by atoms with Crippen molar-refractivity contribution in [1.82, 2.24) is 14.8 Å². The van der Waals surface area contributed by atoms with Crippen molar-refractivity contribution in [2.75, 3.05) is 0 Å². The van der Waals surface area contributed by atoms with E-state index in [-0.39, 0.29) is 5.82 Å². The van der Waals surface area contributed by atoms with E-state index in [1.807, 2.05) is 18.2 Å². The maximum absolute atomic E-state index is 13.2. The van der Waals surface area contributed by atoms with Gasteiger partial charge in [0.15, 0.2) is 5.16 Å². The number of nitrogens with zero attached hydrogens (tertiary/aromatic N) is 3. The first-order valence-electron chi connectivity index (χ1n) is 7.70. The highest BCUT2D eigenvalue weighted by molar-refractivity contribution is 9.10. The van der Waals surface area contributed by atoms with Gasteiger partial charge in [-0.15, -0.1) is 10.2 Å². The van der Waals surface area contributed by atoms with Gasteiger partial charge in [0, 0.05) is 23.2 Å². The smallest absolute Gasteiger partial charge is 0.191 e. The van der Waals surface area contributed by atoms with Crippen LogP contribution in [0.5, 0.6) is 0 Å². The Morgan fingerprint density at radius 3 is 2.62 bits per heavy atom. The fourth-order valence-corrected chi connectivity index (χ4v) is 4.14. The van der Waals surface area contributed by atoms with Crippen molar-refractivity contribution in [3.05, 3.63) is 75.8 Å². The zero-order chi connectivity index (χ0) is 16.9. The summed E-state index contributed by atoms with van der Waals surface area (Å²) in [6, 6.07) is 15.0. The van der Waals surface area contributed by atoms with Crippen LogP contribution in [0.25, 0.3) is 0 Å².